The third-order valence-electron chi connectivity index (χ3n) is 2.67. The van der Waals surface area contributed by atoms with E-state index >= 15 is 0 Å². The van der Waals surface area contributed by atoms with Crippen LogP contribution in [-0.2, 0) is 0 Å². The molecule has 0 unspecified atom stereocenters. The second kappa shape index (κ2) is 4.75. The molecule has 2 aromatic carbocycles. The topological polar surface area (TPSA) is 37.6 Å². The van der Waals surface area contributed by atoms with Gasteiger partial charge in [0.1, 0.15) is 0 Å². The molecule has 0 atom stereocenters. The molecule has 0 saturated carbocycles. The van der Waals surface area contributed by atoms with Gasteiger partial charge in [-0.3, -0.25) is 0 Å². The van der Waals surface area contributed by atoms with E-state index in [-0.39, 0.29) is 0 Å². The van der Waals surface area contributed by atoms with Gasteiger partial charge in [-0.15, -0.1) is 10.2 Å². The molecule has 0 bridgehead atoms. The Morgan fingerprint density at radius 3 is 2.39 bits per heavy atom. The molecule has 0 aliphatic rings. The molecule has 1 aromatic heterocycles. The molecular weight excluding hydrogens is 222 g/mol. The molecule has 3 heteroatoms. The summed E-state index contributed by atoms with van der Waals surface area (Å²) in [6.07, 6.45) is 1.75. The van der Waals surface area contributed by atoms with Crippen molar-refractivity contribution in [2.75, 3.05) is 0 Å². The molecule has 0 spiro atoms. The molecule has 1 heterocycles. The second-order valence-corrected chi connectivity index (χ2v) is 3.89. The fourth-order valence-electron chi connectivity index (χ4n) is 1.78. The molecule has 0 aliphatic carbocycles. The molecule has 3 nitrogen and oxygen atoms in total. The van der Waals surface area contributed by atoms with Crippen molar-refractivity contribution in [3.63, 3.8) is 0 Å². The van der Waals surface area contributed by atoms with Gasteiger partial charge in [-0.25, -0.2) is 4.98 Å². The average molecular weight is 233 g/mol. The highest BCUT2D eigenvalue weighted by molar-refractivity contribution is 5.90. The van der Waals surface area contributed by atoms with Crippen LogP contribution < -0.4 is 0 Å². The minimum Gasteiger partial charge on any atom is -0.235 e. The Morgan fingerprint density at radius 2 is 1.50 bits per heavy atom. The third kappa shape index (κ3) is 2.11. The summed E-state index contributed by atoms with van der Waals surface area (Å²) in [5, 5.41) is 10.5. The van der Waals surface area contributed by atoms with Crippen LogP contribution in [0, 0.1) is 0 Å². The van der Waals surface area contributed by atoms with Crippen LogP contribution in [0.2, 0.25) is 0 Å². The Hall–Kier alpha value is -2.55. The SMILES string of the molecule is c1ccc(N=Nc2nccc3ccccc23)cc1. The normalized spacial score (nSPS) is 11.1. The maximum atomic E-state index is 4.26. The van der Waals surface area contributed by atoms with Gasteiger partial charge in [-0.05, 0) is 23.6 Å². The molecule has 86 valence electrons. The van der Waals surface area contributed by atoms with Crippen LogP contribution in [0.5, 0.6) is 0 Å². The number of hydrogen-bond donors (Lipinski definition) is 0. The highest BCUT2D eigenvalue weighted by atomic mass is 15.1. The number of pyridine rings is 1. The van der Waals surface area contributed by atoms with Crippen LogP contribution in [0.25, 0.3) is 10.8 Å². The number of nitrogens with zero attached hydrogens (tertiary/aromatic N) is 3. The molecular formula is C15H11N3. The quantitative estimate of drug-likeness (QED) is 0.593. The van der Waals surface area contributed by atoms with E-state index in [4.69, 9.17) is 0 Å². The number of rotatable bonds is 2. The molecule has 0 amide bonds. The smallest absolute Gasteiger partial charge is 0.182 e. The van der Waals surface area contributed by atoms with Crippen LogP contribution in [0.4, 0.5) is 11.5 Å². The van der Waals surface area contributed by atoms with E-state index in [0.29, 0.717) is 5.82 Å². The van der Waals surface area contributed by atoms with Gasteiger partial charge < -0.3 is 0 Å². The summed E-state index contributed by atoms with van der Waals surface area (Å²) in [7, 11) is 0. The predicted molar refractivity (Wildman–Crippen MR) is 72.4 cm³/mol. The monoisotopic (exact) mass is 233 g/mol. The maximum absolute atomic E-state index is 4.26. The van der Waals surface area contributed by atoms with E-state index < -0.39 is 0 Å². The molecule has 0 aliphatic heterocycles. The first-order valence-corrected chi connectivity index (χ1v) is 5.74. The van der Waals surface area contributed by atoms with Crippen molar-refractivity contribution in [2.24, 2.45) is 10.2 Å². The molecule has 18 heavy (non-hydrogen) atoms. The van der Waals surface area contributed by atoms with Crippen molar-refractivity contribution in [3.8, 4) is 0 Å². The Labute approximate surface area is 105 Å². The minimum atomic E-state index is 0.650. The average Bonchev–Trinajstić information content (AvgIpc) is 2.46. The van der Waals surface area contributed by atoms with Crippen LogP contribution >= 0.6 is 0 Å². The number of azo groups is 1. The van der Waals surface area contributed by atoms with Crippen molar-refractivity contribution in [1.29, 1.82) is 0 Å². The van der Waals surface area contributed by atoms with E-state index in [0.717, 1.165) is 16.5 Å². The summed E-state index contributed by atoms with van der Waals surface area (Å²) in [5.74, 6) is 0.650. The predicted octanol–water partition coefficient (Wildman–Crippen LogP) is 4.65. The molecule has 3 rings (SSSR count). The van der Waals surface area contributed by atoms with Gasteiger partial charge in [0, 0.05) is 11.6 Å². The van der Waals surface area contributed by atoms with Crippen molar-refractivity contribution < 1.29 is 0 Å². The van der Waals surface area contributed by atoms with Crippen molar-refractivity contribution >= 4 is 22.3 Å². The standard InChI is InChI=1S/C15H11N3/c1-2-7-13(8-3-1)17-18-15-14-9-5-4-6-12(14)10-11-16-15/h1-11H. The Morgan fingerprint density at radius 1 is 0.722 bits per heavy atom. The molecule has 0 fully saturated rings. The Balaban J connectivity index is 2.03. The van der Waals surface area contributed by atoms with Crippen LogP contribution in [0.1, 0.15) is 0 Å². The minimum absolute atomic E-state index is 0.650. The first-order chi connectivity index (χ1) is 8.93. The molecule has 0 radical (unpaired) electrons. The zero-order valence-electron chi connectivity index (χ0n) is 9.69. The summed E-state index contributed by atoms with van der Waals surface area (Å²) in [6, 6.07) is 19.6. The van der Waals surface area contributed by atoms with Gasteiger partial charge in [-0.2, -0.15) is 0 Å². The van der Waals surface area contributed by atoms with Gasteiger partial charge in [0.2, 0.25) is 0 Å². The number of hydrogen-bond acceptors (Lipinski definition) is 3. The van der Waals surface area contributed by atoms with E-state index in [1.807, 2.05) is 60.7 Å². The summed E-state index contributed by atoms with van der Waals surface area (Å²) in [6.45, 7) is 0. The van der Waals surface area contributed by atoms with E-state index in [2.05, 4.69) is 15.2 Å². The van der Waals surface area contributed by atoms with Gasteiger partial charge in [0.05, 0.1) is 5.69 Å². The number of fused-ring (bicyclic) bond motifs is 1. The first kappa shape index (κ1) is 10.6. The Kier molecular flexibility index (Phi) is 2.80. The van der Waals surface area contributed by atoms with Gasteiger partial charge in [0.15, 0.2) is 5.82 Å². The largest absolute Gasteiger partial charge is 0.235 e. The van der Waals surface area contributed by atoms with E-state index in [1.54, 1.807) is 6.20 Å². The molecule has 0 saturated heterocycles. The zero-order valence-corrected chi connectivity index (χ0v) is 9.69. The molecule has 0 N–H and O–H groups in total. The first-order valence-electron chi connectivity index (χ1n) is 5.74. The molecule has 3 aromatic rings. The second-order valence-electron chi connectivity index (χ2n) is 3.89. The van der Waals surface area contributed by atoms with Crippen LogP contribution in [-0.4, -0.2) is 4.98 Å². The van der Waals surface area contributed by atoms with E-state index in [9.17, 15) is 0 Å². The lowest BCUT2D eigenvalue weighted by molar-refractivity contribution is 1.17. The van der Waals surface area contributed by atoms with Crippen molar-refractivity contribution in [1.82, 2.24) is 4.98 Å². The van der Waals surface area contributed by atoms with E-state index in [1.165, 1.54) is 0 Å². The number of benzene rings is 2. The van der Waals surface area contributed by atoms with Gasteiger partial charge >= 0.3 is 0 Å². The lowest BCUT2D eigenvalue weighted by atomic mass is 10.2. The van der Waals surface area contributed by atoms with Crippen molar-refractivity contribution in [2.45, 2.75) is 0 Å². The number of aromatic nitrogens is 1. The van der Waals surface area contributed by atoms with Crippen molar-refractivity contribution in [3.05, 3.63) is 66.9 Å². The summed E-state index contributed by atoms with van der Waals surface area (Å²) < 4.78 is 0. The highest BCUT2D eigenvalue weighted by Gasteiger charge is 1.99. The fourth-order valence-corrected chi connectivity index (χ4v) is 1.78. The van der Waals surface area contributed by atoms with Gasteiger partial charge in [-0.1, -0.05) is 42.5 Å². The summed E-state index contributed by atoms with van der Waals surface area (Å²) >= 11 is 0. The van der Waals surface area contributed by atoms with Crippen LogP contribution in [0.15, 0.2) is 77.1 Å². The van der Waals surface area contributed by atoms with Gasteiger partial charge in [0.25, 0.3) is 0 Å². The fraction of sp³-hybridized carbons (Fsp3) is 0. The highest BCUT2D eigenvalue weighted by Crippen LogP contribution is 2.24. The third-order valence-corrected chi connectivity index (χ3v) is 2.67. The maximum Gasteiger partial charge on any atom is 0.182 e. The lowest BCUT2D eigenvalue weighted by Crippen LogP contribution is -1.76. The Bertz CT molecular complexity index is 685. The summed E-state index contributed by atoms with van der Waals surface area (Å²) in [5.41, 5.74) is 0.826. The lowest BCUT2D eigenvalue weighted by Gasteiger charge is -1.99. The summed E-state index contributed by atoms with van der Waals surface area (Å²) in [4.78, 5) is 4.26. The zero-order chi connectivity index (χ0) is 12.2. The van der Waals surface area contributed by atoms with Crippen LogP contribution in [0.3, 0.4) is 0 Å².